The molecule has 0 atom stereocenters. The number of hydrogen-bond acceptors (Lipinski definition) is 5. The molecule has 0 spiro atoms. The first kappa shape index (κ1) is 13.6. The normalized spacial score (nSPS) is 11.9. The highest BCUT2D eigenvalue weighted by Crippen LogP contribution is 2.25. The lowest BCUT2D eigenvalue weighted by Crippen LogP contribution is -2.26. The molecular weight excluding hydrogens is 248 g/mol. The van der Waals surface area contributed by atoms with Crippen molar-refractivity contribution < 1.29 is 13.2 Å². The van der Waals surface area contributed by atoms with Crippen LogP contribution >= 0.6 is 11.3 Å². The van der Waals surface area contributed by atoms with Crippen molar-refractivity contribution in [3.63, 3.8) is 0 Å². The topological polar surface area (TPSA) is 81.4 Å². The van der Waals surface area contributed by atoms with Crippen molar-refractivity contribution in [1.29, 1.82) is 0 Å². The van der Waals surface area contributed by atoms with Gasteiger partial charge in [0.15, 0.2) is 0 Å². The molecule has 0 radical (unpaired) electrons. The summed E-state index contributed by atoms with van der Waals surface area (Å²) in [7, 11) is -1.89. The standard InChI is InChI=1S/C9H16N2O3S2/c1-7-5-9(15-8(7)6-10)16(12,13)11-3-4-14-2/h5,11H,3-4,6,10H2,1-2H3. The van der Waals surface area contributed by atoms with Gasteiger partial charge in [0.25, 0.3) is 0 Å². The minimum atomic E-state index is -3.41. The molecule has 1 aromatic heterocycles. The molecular formula is C9H16N2O3S2. The van der Waals surface area contributed by atoms with E-state index >= 15 is 0 Å². The van der Waals surface area contributed by atoms with Crippen molar-refractivity contribution in [3.8, 4) is 0 Å². The number of hydrogen-bond donors (Lipinski definition) is 2. The zero-order valence-corrected chi connectivity index (χ0v) is 11.0. The summed E-state index contributed by atoms with van der Waals surface area (Å²) in [5.41, 5.74) is 6.42. The van der Waals surface area contributed by atoms with Gasteiger partial charge in [0, 0.05) is 25.1 Å². The Balaban J connectivity index is 2.81. The summed E-state index contributed by atoms with van der Waals surface area (Å²) in [6.07, 6.45) is 0. The molecule has 0 amide bonds. The van der Waals surface area contributed by atoms with Crippen LogP contribution in [-0.4, -0.2) is 28.7 Å². The van der Waals surface area contributed by atoms with Crippen molar-refractivity contribution in [2.24, 2.45) is 5.73 Å². The summed E-state index contributed by atoms with van der Waals surface area (Å²) in [6, 6.07) is 1.64. The summed E-state index contributed by atoms with van der Waals surface area (Å²) in [4.78, 5) is 0.895. The van der Waals surface area contributed by atoms with Crippen LogP contribution in [0.5, 0.6) is 0 Å². The van der Waals surface area contributed by atoms with Crippen molar-refractivity contribution >= 4 is 21.4 Å². The Morgan fingerprint density at radius 3 is 2.75 bits per heavy atom. The van der Waals surface area contributed by atoms with E-state index < -0.39 is 10.0 Å². The average molecular weight is 264 g/mol. The smallest absolute Gasteiger partial charge is 0.250 e. The van der Waals surface area contributed by atoms with Crippen molar-refractivity contribution in [2.75, 3.05) is 20.3 Å². The lowest BCUT2D eigenvalue weighted by atomic mass is 10.3. The molecule has 5 nitrogen and oxygen atoms in total. The second-order valence-electron chi connectivity index (χ2n) is 3.27. The highest BCUT2D eigenvalue weighted by molar-refractivity contribution is 7.91. The Labute approximate surface area is 99.7 Å². The average Bonchev–Trinajstić information content (AvgIpc) is 2.60. The predicted octanol–water partition coefficient (Wildman–Crippen LogP) is 0.440. The molecule has 1 aromatic rings. The summed E-state index contributed by atoms with van der Waals surface area (Å²) in [5.74, 6) is 0. The van der Waals surface area contributed by atoms with Gasteiger partial charge in [-0.3, -0.25) is 0 Å². The number of nitrogens with one attached hydrogen (secondary N) is 1. The first-order valence-electron chi connectivity index (χ1n) is 4.79. The first-order chi connectivity index (χ1) is 7.51. The van der Waals surface area contributed by atoms with E-state index in [9.17, 15) is 8.42 Å². The zero-order valence-electron chi connectivity index (χ0n) is 9.32. The van der Waals surface area contributed by atoms with Crippen LogP contribution < -0.4 is 10.5 Å². The molecule has 0 unspecified atom stereocenters. The molecule has 0 fully saturated rings. The van der Waals surface area contributed by atoms with Gasteiger partial charge < -0.3 is 10.5 Å². The van der Waals surface area contributed by atoms with Crippen LogP contribution in [0.15, 0.2) is 10.3 Å². The molecule has 0 bridgehead atoms. The molecule has 3 N–H and O–H groups in total. The molecule has 92 valence electrons. The summed E-state index contributed by atoms with van der Waals surface area (Å²) in [6.45, 7) is 2.85. The van der Waals surface area contributed by atoms with Crippen molar-refractivity contribution in [2.45, 2.75) is 17.7 Å². The Bertz CT molecular complexity index is 440. The van der Waals surface area contributed by atoms with E-state index in [-0.39, 0.29) is 6.54 Å². The fourth-order valence-corrected chi connectivity index (χ4v) is 3.70. The highest BCUT2D eigenvalue weighted by Gasteiger charge is 2.17. The number of thiophene rings is 1. The van der Waals surface area contributed by atoms with Crippen molar-refractivity contribution in [1.82, 2.24) is 4.72 Å². The third kappa shape index (κ3) is 3.26. The van der Waals surface area contributed by atoms with Gasteiger partial charge in [-0.2, -0.15) is 0 Å². The molecule has 1 rings (SSSR count). The quantitative estimate of drug-likeness (QED) is 0.731. The number of sulfonamides is 1. The van der Waals surface area contributed by atoms with Gasteiger partial charge in [-0.1, -0.05) is 0 Å². The van der Waals surface area contributed by atoms with Gasteiger partial charge in [0.05, 0.1) is 6.61 Å². The molecule has 0 aliphatic rings. The molecule has 7 heteroatoms. The maximum absolute atomic E-state index is 11.8. The summed E-state index contributed by atoms with van der Waals surface area (Å²) >= 11 is 1.21. The molecule has 0 aromatic carbocycles. The van der Waals surface area contributed by atoms with Crippen LogP contribution in [0.2, 0.25) is 0 Å². The van der Waals surface area contributed by atoms with Crippen LogP contribution in [0.25, 0.3) is 0 Å². The van der Waals surface area contributed by atoms with Crippen LogP contribution in [0.1, 0.15) is 10.4 Å². The fraction of sp³-hybridized carbons (Fsp3) is 0.556. The van der Waals surface area contributed by atoms with E-state index in [4.69, 9.17) is 10.5 Å². The summed E-state index contributed by atoms with van der Waals surface area (Å²) < 4.78 is 31.1. The van der Waals surface area contributed by atoms with E-state index in [2.05, 4.69) is 4.72 Å². The van der Waals surface area contributed by atoms with Crippen LogP contribution in [0.3, 0.4) is 0 Å². The number of rotatable bonds is 6. The van der Waals surface area contributed by atoms with E-state index in [1.807, 2.05) is 6.92 Å². The van der Waals surface area contributed by atoms with E-state index in [1.165, 1.54) is 18.4 Å². The van der Waals surface area contributed by atoms with Gasteiger partial charge in [-0.05, 0) is 18.6 Å². The van der Waals surface area contributed by atoms with E-state index in [1.54, 1.807) is 6.07 Å². The number of ether oxygens (including phenoxy) is 1. The second-order valence-corrected chi connectivity index (χ2v) is 6.40. The van der Waals surface area contributed by atoms with Gasteiger partial charge in [-0.15, -0.1) is 11.3 Å². The maximum atomic E-state index is 11.8. The largest absolute Gasteiger partial charge is 0.383 e. The van der Waals surface area contributed by atoms with E-state index in [0.29, 0.717) is 17.4 Å². The number of aryl methyl sites for hydroxylation is 1. The Morgan fingerprint density at radius 2 is 2.25 bits per heavy atom. The molecule has 0 saturated heterocycles. The van der Waals surface area contributed by atoms with Crippen molar-refractivity contribution in [3.05, 3.63) is 16.5 Å². The molecule has 0 aliphatic carbocycles. The molecule has 0 saturated carbocycles. The fourth-order valence-electron chi connectivity index (χ4n) is 1.17. The van der Waals surface area contributed by atoms with E-state index in [0.717, 1.165) is 10.4 Å². The minimum Gasteiger partial charge on any atom is -0.383 e. The molecule has 16 heavy (non-hydrogen) atoms. The van der Waals surface area contributed by atoms with Crippen LogP contribution in [0, 0.1) is 6.92 Å². The molecule has 1 heterocycles. The van der Waals surface area contributed by atoms with Gasteiger partial charge >= 0.3 is 0 Å². The van der Waals surface area contributed by atoms with Gasteiger partial charge in [-0.25, -0.2) is 13.1 Å². The van der Waals surface area contributed by atoms with Gasteiger partial charge in [0.2, 0.25) is 10.0 Å². The number of nitrogens with two attached hydrogens (primary N) is 1. The maximum Gasteiger partial charge on any atom is 0.250 e. The van der Waals surface area contributed by atoms with Crippen LogP contribution in [-0.2, 0) is 21.3 Å². The zero-order chi connectivity index (χ0) is 12.2. The van der Waals surface area contributed by atoms with Crippen LogP contribution in [0.4, 0.5) is 0 Å². The third-order valence-electron chi connectivity index (χ3n) is 2.05. The lowest BCUT2D eigenvalue weighted by Gasteiger charge is -2.03. The highest BCUT2D eigenvalue weighted by atomic mass is 32.2. The minimum absolute atomic E-state index is 0.272. The second kappa shape index (κ2) is 5.74. The predicted molar refractivity (Wildman–Crippen MR) is 64.0 cm³/mol. The molecule has 0 aliphatic heterocycles. The summed E-state index contributed by atoms with van der Waals surface area (Å²) in [5, 5.41) is 0. The monoisotopic (exact) mass is 264 g/mol. The SMILES string of the molecule is COCCNS(=O)(=O)c1cc(C)c(CN)s1. The first-order valence-corrected chi connectivity index (χ1v) is 7.09. The number of methoxy groups -OCH3 is 1. The lowest BCUT2D eigenvalue weighted by molar-refractivity contribution is 0.204. The third-order valence-corrected chi connectivity index (χ3v) is 5.24. The van der Waals surface area contributed by atoms with Gasteiger partial charge in [0.1, 0.15) is 4.21 Å². The Kier molecular flexibility index (Phi) is 4.88. The Hall–Kier alpha value is -0.470. The Morgan fingerprint density at radius 1 is 1.56 bits per heavy atom.